The van der Waals surface area contributed by atoms with Crippen molar-refractivity contribution < 1.29 is 0 Å². The van der Waals surface area contributed by atoms with Gasteiger partial charge in [0.1, 0.15) is 11.0 Å². The third-order valence-electron chi connectivity index (χ3n) is 3.70. The van der Waals surface area contributed by atoms with Gasteiger partial charge in [-0.05, 0) is 0 Å². The van der Waals surface area contributed by atoms with Crippen LogP contribution in [0.2, 0.25) is 5.15 Å². The second-order valence-corrected chi connectivity index (χ2v) is 5.47. The van der Waals surface area contributed by atoms with E-state index in [4.69, 9.17) is 11.6 Å². The van der Waals surface area contributed by atoms with Crippen molar-refractivity contribution in [3.8, 4) is 11.4 Å². The average Bonchev–Trinajstić information content (AvgIpc) is 2.99. The molecule has 0 saturated heterocycles. The summed E-state index contributed by atoms with van der Waals surface area (Å²) in [4.78, 5) is 10.5. The van der Waals surface area contributed by atoms with E-state index in [0.717, 1.165) is 36.1 Å². The van der Waals surface area contributed by atoms with Crippen LogP contribution >= 0.6 is 11.6 Å². The van der Waals surface area contributed by atoms with E-state index in [1.165, 1.54) is 6.20 Å². The molecule has 0 radical (unpaired) electrons. The largest absolute Gasteiger partial charge is 0.346 e. The Kier molecular flexibility index (Phi) is 3.23. The van der Waals surface area contributed by atoms with Crippen molar-refractivity contribution in [2.24, 2.45) is 0 Å². The first kappa shape index (κ1) is 13.2. The van der Waals surface area contributed by atoms with Gasteiger partial charge in [0.05, 0.1) is 18.9 Å². The van der Waals surface area contributed by atoms with Crippen molar-refractivity contribution in [3.63, 3.8) is 0 Å². The predicted molar refractivity (Wildman–Crippen MR) is 83.6 cm³/mol. The topological polar surface area (TPSA) is 59.7 Å². The van der Waals surface area contributed by atoms with Gasteiger partial charge in [0.15, 0.2) is 11.6 Å². The van der Waals surface area contributed by atoms with Crippen LogP contribution < -0.4 is 4.90 Å². The van der Waals surface area contributed by atoms with E-state index in [-0.39, 0.29) is 0 Å². The number of fused-ring (bicyclic) bond motifs is 1. The number of hydrogen-bond acceptors (Lipinski definition) is 5. The highest BCUT2D eigenvalue weighted by molar-refractivity contribution is 6.29. The Bertz CT molecular complexity index is 801. The van der Waals surface area contributed by atoms with Gasteiger partial charge in [0.2, 0.25) is 0 Å². The van der Waals surface area contributed by atoms with Gasteiger partial charge in [-0.1, -0.05) is 41.9 Å². The number of rotatable bonds is 2. The molecule has 3 heterocycles. The van der Waals surface area contributed by atoms with Crippen LogP contribution in [0.15, 0.2) is 42.7 Å². The van der Waals surface area contributed by atoms with Crippen LogP contribution in [-0.4, -0.2) is 31.3 Å². The molecule has 0 bridgehead atoms. The first-order chi connectivity index (χ1) is 10.8. The van der Waals surface area contributed by atoms with E-state index in [0.29, 0.717) is 11.7 Å². The molecule has 22 heavy (non-hydrogen) atoms. The van der Waals surface area contributed by atoms with Crippen molar-refractivity contribution >= 4 is 17.4 Å². The Labute approximate surface area is 132 Å². The molecule has 1 aliphatic heterocycles. The highest BCUT2D eigenvalue weighted by Gasteiger charge is 2.22. The molecule has 0 unspecified atom stereocenters. The summed E-state index contributed by atoms with van der Waals surface area (Å²) in [6, 6.07) is 10.1. The smallest absolute Gasteiger partial charge is 0.164 e. The van der Waals surface area contributed by atoms with Gasteiger partial charge >= 0.3 is 0 Å². The maximum Gasteiger partial charge on any atom is 0.164 e. The fourth-order valence-corrected chi connectivity index (χ4v) is 2.78. The Morgan fingerprint density at radius 3 is 2.68 bits per heavy atom. The lowest BCUT2D eigenvalue weighted by Gasteiger charge is -2.28. The Balaban J connectivity index is 1.64. The van der Waals surface area contributed by atoms with Crippen LogP contribution in [0, 0.1) is 0 Å². The quantitative estimate of drug-likeness (QED) is 0.727. The molecule has 110 valence electrons. The summed E-state index contributed by atoms with van der Waals surface area (Å²) in [6.45, 7) is 2.27. The normalized spacial score (nSPS) is 14.0. The monoisotopic (exact) mass is 312 g/mol. The lowest BCUT2D eigenvalue weighted by molar-refractivity contribution is 0.559. The van der Waals surface area contributed by atoms with Gasteiger partial charge in [-0.15, -0.1) is 10.2 Å². The zero-order valence-electron chi connectivity index (χ0n) is 11.7. The van der Waals surface area contributed by atoms with Gasteiger partial charge in [-0.3, -0.25) is 4.98 Å². The Morgan fingerprint density at radius 2 is 1.86 bits per heavy atom. The summed E-state index contributed by atoms with van der Waals surface area (Å²) in [5.41, 5.74) is 1.08. The number of benzene rings is 1. The fraction of sp³-hybridized carbons (Fsp3) is 0.200. The molecule has 1 aromatic carbocycles. The van der Waals surface area contributed by atoms with Crippen LogP contribution in [0.25, 0.3) is 11.4 Å². The van der Waals surface area contributed by atoms with E-state index in [2.05, 4.69) is 29.6 Å². The molecular formula is C15H13ClN6. The summed E-state index contributed by atoms with van der Waals surface area (Å²) < 4.78 is 2.16. The lowest BCUT2D eigenvalue weighted by atomic mass is 10.2. The van der Waals surface area contributed by atoms with Gasteiger partial charge < -0.3 is 9.47 Å². The van der Waals surface area contributed by atoms with E-state index in [1.807, 2.05) is 30.3 Å². The maximum absolute atomic E-state index is 5.91. The second kappa shape index (κ2) is 5.38. The van der Waals surface area contributed by atoms with Gasteiger partial charge in [-0.25, -0.2) is 4.98 Å². The summed E-state index contributed by atoms with van der Waals surface area (Å²) >= 11 is 5.91. The fourth-order valence-electron chi connectivity index (χ4n) is 2.64. The van der Waals surface area contributed by atoms with Crippen LogP contribution in [0.4, 0.5) is 5.82 Å². The summed E-state index contributed by atoms with van der Waals surface area (Å²) in [5.74, 6) is 2.60. The molecule has 4 rings (SSSR count). The van der Waals surface area contributed by atoms with Crippen molar-refractivity contribution in [1.82, 2.24) is 24.7 Å². The third-order valence-corrected chi connectivity index (χ3v) is 3.88. The molecule has 0 atom stereocenters. The summed E-state index contributed by atoms with van der Waals surface area (Å²) in [7, 11) is 0. The molecule has 6 nitrogen and oxygen atoms in total. The highest BCUT2D eigenvalue weighted by Crippen LogP contribution is 2.24. The van der Waals surface area contributed by atoms with E-state index < -0.39 is 0 Å². The Morgan fingerprint density at radius 1 is 1.00 bits per heavy atom. The molecule has 0 amide bonds. The van der Waals surface area contributed by atoms with E-state index in [1.54, 1.807) is 6.20 Å². The SMILES string of the molecule is Clc1cncc(N2CCn3c(nnc3-c3ccccc3)C2)n1. The van der Waals surface area contributed by atoms with Crippen molar-refractivity contribution in [1.29, 1.82) is 0 Å². The van der Waals surface area contributed by atoms with E-state index >= 15 is 0 Å². The number of nitrogens with zero attached hydrogens (tertiary/aromatic N) is 6. The van der Waals surface area contributed by atoms with Crippen LogP contribution in [-0.2, 0) is 13.1 Å². The number of hydrogen-bond donors (Lipinski definition) is 0. The van der Waals surface area contributed by atoms with Crippen molar-refractivity contribution in [2.75, 3.05) is 11.4 Å². The molecule has 0 spiro atoms. The molecule has 0 N–H and O–H groups in total. The first-order valence-corrected chi connectivity index (χ1v) is 7.39. The highest BCUT2D eigenvalue weighted by atomic mass is 35.5. The maximum atomic E-state index is 5.91. The van der Waals surface area contributed by atoms with Crippen LogP contribution in [0.3, 0.4) is 0 Å². The minimum absolute atomic E-state index is 0.398. The average molecular weight is 313 g/mol. The van der Waals surface area contributed by atoms with Crippen LogP contribution in [0.5, 0.6) is 0 Å². The zero-order valence-corrected chi connectivity index (χ0v) is 12.5. The predicted octanol–water partition coefficient (Wildman–Crippen LogP) is 2.41. The first-order valence-electron chi connectivity index (χ1n) is 7.01. The molecule has 0 aliphatic carbocycles. The second-order valence-electron chi connectivity index (χ2n) is 5.08. The molecule has 7 heteroatoms. The summed E-state index contributed by atoms with van der Waals surface area (Å²) in [5, 5.41) is 9.06. The molecule has 0 saturated carbocycles. The number of halogens is 1. The minimum atomic E-state index is 0.398. The molecule has 0 fully saturated rings. The van der Waals surface area contributed by atoms with Gasteiger partial charge in [-0.2, -0.15) is 0 Å². The number of aromatic nitrogens is 5. The minimum Gasteiger partial charge on any atom is -0.346 e. The molecule has 1 aliphatic rings. The lowest BCUT2D eigenvalue weighted by Crippen LogP contribution is -2.34. The zero-order chi connectivity index (χ0) is 14.9. The van der Waals surface area contributed by atoms with Crippen molar-refractivity contribution in [3.05, 3.63) is 53.7 Å². The molecule has 2 aromatic heterocycles. The standard InChI is InChI=1S/C15H13ClN6/c16-12-8-17-9-13(18-12)21-6-7-22-14(10-21)19-20-15(22)11-4-2-1-3-5-11/h1-5,8-9H,6-7,10H2. The van der Waals surface area contributed by atoms with Gasteiger partial charge in [0.25, 0.3) is 0 Å². The van der Waals surface area contributed by atoms with Gasteiger partial charge in [0, 0.05) is 18.7 Å². The Hall–Kier alpha value is -2.47. The molecule has 3 aromatic rings. The molecular weight excluding hydrogens is 300 g/mol. The van der Waals surface area contributed by atoms with Crippen molar-refractivity contribution in [2.45, 2.75) is 13.1 Å². The third kappa shape index (κ3) is 2.31. The van der Waals surface area contributed by atoms with E-state index in [9.17, 15) is 0 Å². The van der Waals surface area contributed by atoms with Crippen LogP contribution in [0.1, 0.15) is 5.82 Å². The number of anilines is 1. The summed E-state index contributed by atoms with van der Waals surface area (Å²) in [6.07, 6.45) is 3.25.